The van der Waals surface area contributed by atoms with Gasteiger partial charge in [-0.25, -0.2) is 4.79 Å². The summed E-state index contributed by atoms with van der Waals surface area (Å²) in [7, 11) is 3.15. The van der Waals surface area contributed by atoms with E-state index in [2.05, 4.69) is 0 Å². The van der Waals surface area contributed by atoms with Crippen molar-refractivity contribution in [1.82, 2.24) is 4.90 Å². The molecule has 354 valence electrons. The summed E-state index contributed by atoms with van der Waals surface area (Å²) in [6, 6.07) is -1.12. The van der Waals surface area contributed by atoms with E-state index < -0.39 is 71.8 Å². The molecule has 4 aliphatic rings. The first-order chi connectivity index (χ1) is 29.8. The Labute approximate surface area is 375 Å². The molecule has 14 atom stereocenters. The third-order valence-electron chi connectivity index (χ3n) is 14.2. The van der Waals surface area contributed by atoms with Crippen molar-refractivity contribution in [3.8, 4) is 0 Å². The maximum absolute atomic E-state index is 14.3. The van der Waals surface area contributed by atoms with Crippen LogP contribution in [0.3, 0.4) is 0 Å². The van der Waals surface area contributed by atoms with Gasteiger partial charge in [0.1, 0.15) is 23.7 Å². The van der Waals surface area contributed by atoms with Crippen LogP contribution in [0.1, 0.15) is 132 Å². The van der Waals surface area contributed by atoms with Crippen LogP contribution in [0, 0.1) is 35.5 Å². The Kier molecular flexibility index (Phi) is 20.1. The fraction of sp³-hybridized carbons (Fsp3) is 0.740. The summed E-state index contributed by atoms with van der Waals surface area (Å²) < 4.78 is 23.8. The number of ketones is 3. The van der Waals surface area contributed by atoms with Crippen molar-refractivity contribution in [2.24, 2.45) is 35.5 Å². The number of carbonyl (C=O) groups is 5. The second-order valence-electron chi connectivity index (χ2n) is 19.3. The van der Waals surface area contributed by atoms with Crippen molar-refractivity contribution in [1.29, 1.82) is 0 Å². The van der Waals surface area contributed by atoms with Crippen LogP contribution in [0.15, 0.2) is 47.6 Å². The van der Waals surface area contributed by atoms with E-state index in [1.807, 2.05) is 58.1 Å². The van der Waals surface area contributed by atoms with Gasteiger partial charge in [-0.1, -0.05) is 71.1 Å². The molecule has 0 aromatic carbocycles. The second kappa shape index (κ2) is 24.3. The monoisotopic (exact) mass is 884 g/mol. The molecule has 0 spiro atoms. The summed E-state index contributed by atoms with van der Waals surface area (Å²) in [5.41, 5.74) is 1.39. The number of aliphatic hydroxyl groups excluding tert-OH is 2. The first-order valence-corrected chi connectivity index (χ1v) is 23.4. The van der Waals surface area contributed by atoms with Gasteiger partial charge in [0.15, 0.2) is 0 Å². The number of amides is 1. The van der Waals surface area contributed by atoms with Gasteiger partial charge in [-0.05, 0) is 107 Å². The number of cyclic esters (lactones) is 1. The summed E-state index contributed by atoms with van der Waals surface area (Å²) >= 11 is 0. The predicted octanol–water partition coefficient (Wildman–Crippen LogP) is 6.56. The first-order valence-electron chi connectivity index (χ1n) is 23.4. The third-order valence-corrected chi connectivity index (χ3v) is 14.2. The highest BCUT2D eigenvalue weighted by molar-refractivity contribution is 6.39. The maximum Gasteiger partial charge on any atom is 0.329 e. The average Bonchev–Trinajstić information content (AvgIpc) is 3.25. The van der Waals surface area contributed by atoms with Gasteiger partial charge in [0.05, 0.1) is 30.5 Å². The van der Waals surface area contributed by atoms with Crippen LogP contribution in [0.5, 0.6) is 0 Å². The van der Waals surface area contributed by atoms with Crippen LogP contribution in [-0.4, -0.2) is 119 Å². The topological polar surface area (TPSA) is 186 Å². The fourth-order valence-electron chi connectivity index (χ4n) is 9.78. The molecule has 13 nitrogen and oxygen atoms in total. The fourth-order valence-corrected chi connectivity index (χ4v) is 9.78. The Balaban J connectivity index is 1.67. The van der Waals surface area contributed by atoms with E-state index in [0.29, 0.717) is 63.4 Å². The molecule has 63 heavy (non-hydrogen) atoms. The Morgan fingerprint density at radius 1 is 0.841 bits per heavy atom. The lowest BCUT2D eigenvalue weighted by atomic mass is 9.78. The highest BCUT2D eigenvalue weighted by Gasteiger charge is 2.53. The number of ether oxygens (including phenoxy) is 4. The smallest absolute Gasteiger partial charge is 0.329 e. The van der Waals surface area contributed by atoms with Gasteiger partial charge in [0.2, 0.25) is 5.79 Å². The number of allylic oxidation sites excluding steroid dienone is 6. The van der Waals surface area contributed by atoms with Crippen LogP contribution in [0.4, 0.5) is 0 Å². The van der Waals surface area contributed by atoms with Gasteiger partial charge in [-0.3, -0.25) is 19.2 Å². The molecule has 2 saturated heterocycles. The molecule has 0 aromatic heterocycles. The number of aliphatic hydroxyl groups is 3. The van der Waals surface area contributed by atoms with Gasteiger partial charge in [0.25, 0.3) is 11.7 Å². The van der Waals surface area contributed by atoms with Crippen LogP contribution in [0.25, 0.3) is 0 Å². The summed E-state index contributed by atoms with van der Waals surface area (Å²) in [5.74, 6) is -7.36. The molecule has 0 unspecified atom stereocenters. The molecule has 1 amide bonds. The van der Waals surface area contributed by atoms with Crippen LogP contribution in [-0.2, 0) is 42.9 Å². The number of carbonyl (C=O) groups excluding carboxylic acids is 5. The zero-order valence-electron chi connectivity index (χ0n) is 39.3. The minimum absolute atomic E-state index is 0.0725. The van der Waals surface area contributed by atoms with Gasteiger partial charge >= 0.3 is 5.97 Å². The van der Waals surface area contributed by atoms with Crippen LogP contribution in [0.2, 0.25) is 0 Å². The number of methoxy groups -OCH3 is 2. The zero-order valence-corrected chi connectivity index (χ0v) is 39.3. The molecule has 13 heteroatoms. The second-order valence-corrected chi connectivity index (χ2v) is 19.3. The molecule has 0 aromatic rings. The number of Topliss-reactive ketones (excluding diaryl/α,β-unsaturated/α-hetero) is 3. The Morgan fingerprint density at radius 2 is 1.57 bits per heavy atom. The number of esters is 1. The number of rotatable bonds is 5. The third kappa shape index (κ3) is 14.3. The number of piperidine rings is 1. The first kappa shape index (κ1) is 52.3. The van der Waals surface area contributed by atoms with Crippen molar-refractivity contribution in [2.45, 2.75) is 180 Å². The molecule has 3 heterocycles. The lowest BCUT2D eigenvalue weighted by Crippen LogP contribution is -2.61. The van der Waals surface area contributed by atoms with Crippen molar-refractivity contribution < 1.29 is 58.2 Å². The minimum atomic E-state index is -2.42. The Bertz CT molecular complexity index is 1700. The molecule has 2 bridgehead atoms. The van der Waals surface area contributed by atoms with Crippen molar-refractivity contribution in [3.63, 3.8) is 0 Å². The average molecular weight is 884 g/mol. The van der Waals surface area contributed by atoms with Gasteiger partial charge in [-0.2, -0.15) is 0 Å². The largest absolute Gasteiger partial charge is 0.460 e. The van der Waals surface area contributed by atoms with Crippen LogP contribution < -0.4 is 0 Å². The lowest BCUT2D eigenvalue weighted by molar-refractivity contribution is -0.265. The molecule has 3 N–H and O–H groups in total. The van der Waals surface area contributed by atoms with E-state index in [4.69, 9.17) is 18.9 Å². The normalized spacial score (nSPS) is 40.1. The number of nitrogens with zero attached hydrogens (tertiary/aromatic N) is 1. The van der Waals surface area contributed by atoms with Crippen molar-refractivity contribution in [2.75, 3.05) is 20.8 Å². The molecule has 1 aliphatic carbocycles. The Morgan fingerprint density at radius 3 is 2.27 bits per heavy atom. The Hall–Kier alpha value is -3.33. The van der Waals surface area contributed by atoms with Gasteiger partial charge < -0.3 is 39.2 Å². The number of hydrogen-bond acceptors (Lipinski definition) is 12. The quantitative estimate of drug-likeness (QED) is 0.154. The summed E-state index contributed by atoms with van der Waals surface area (Å²) in [6.45, 7) is 12.9. The molecule has 3 fully saturated rings. The molecule has 3 aliphatic heterocycles. The standard InChI is InChI=1S/C50H77NO12/c1-30-15-11-10-12-16-31(2)44(60-8)27-38-20-18-36(7)50(59,63-38)47(56)48(57)51-22-14-13-17-39(51)49(58)62-45(35(6)25-37-19-21-40(52)46(26-37)61-9)29-43(55)34(5)24-33(4)42(54)28-41(53)32(3)23-30/h10-12,15-16,24,30,32,34-40,42,44-46,52,54,59H,13-14,17-23,25-29H2,1-9H3/b12-10+,15-11-,31-16+,33-24+/t30-,32-,34-,35-,36-,37+,38+,39+,40-,42+,44+,45+,46-,50-/m1/s1. The van der Waals surface area contributed by atoms with Gasteiger partial charge in [0, 0.05) is 57.8 Å². The van der Waals surface area contributed by atoms with Crippen molar-refractivity contribution in [3.05, 3.63) is 47.6 Å². The molecular formula is C50H77NO12. The van der Waals surface area contributed by atoms with E-state index in [9.17, 15) is 39.3 Å². The van der Waals surface area contributed by atoms with E-state index in [1.54, 1.807) is 41.1 Å². The summed E-state index contributed by atoms with van der Waals surface area (Å²) in [4.78, 5) is 71.1. The van der Waals surface area contributed by atoms with E-state index in [0.717, 1.165) is 12.0 Å². The van der Waals surface area contributed by atoms with Crippen molar-refractivity contribution >= 4 is 29.2 Å². The lowest BCUT2D eigenvalue weighted by Gasteiger charge is -2.42. The summed E-state index contributed by atoms with van der Waals surface area (Å²) in [6.07, 6.45) is 13.0. The highest BCUT2D eigenvalue weighted by Crippen LogP contribution is 2.37. The maximum atomic E-state index is 14.3. The SMILES string of the molecule is CO[C@H]1C[C@@H]2CC[C@@H](C)[C@@](O)(O2)C(=O)C(=O)N2CCCC[C@H]2C(=O)O[C@H]([C@H](C)C[C@@H]2CC[C@@H](O)[C@H](OC)C2)CC(=O)[C@H](C)/C=C(\C)[C@@H](O)CC(=O)[C@H](C)C[C@H](C)\C=C/C=C/C=C/1C. The zero-order chi connectivity index (χ0) is 46.6. The summed E-state index contributed by atoms with van der Waals surface area (Å²) in [5, 5.41) is 33.5. The van der Waals surface area contributed by atoms with Gasteiger partial charge in [-0.15, -0.1) is 0 Å². The predicted molar refractivity (Wildman–Crippen MR) is 239 cm³/mol. The highest BCUT2D eigenvalue weighted by atomic mass is 16.6. The van der Waals surface area contributed by atoms with E-state index >= 15 is 0 Å². The molecule has 0 radical (unpaired) electrons. The number of fused-ring (bicyclic) bond motifs is 3. The number of hydrogen-bond donors (Lipinski definition) is 3. The van der Waals surface area contributed by atoms with E-state index in [-0.39, 0.29) is 67.1 Å². The minimum Gasteiger partial charge on any atom is -0.460 e. The van der Waals surface area contributed by atoms with E-state index in [1.165, 1.54) is 4.90 Å². The van der Waals surface area contributed by atoms with Crippen LogP contribution >= 0.6 is 0 Å². The molecular weight excluding hydrogens is 807 g/mol. The molecule has 4 rings (SSSR count). The molecule has 1 saturated carbocycles.